The molecule has 0 aliphatic carbocycles. The molecule has 0 radical (unpaired) electrons. The van der Waals surface area contributed by atoms with Gasteiger partial charge >= 0.3 is 0 Å². The first-order valence-electron chi connectivity index (χ1n) is 9.06. The number of halogens is 2. The molecule has 5 heteroatoms. The molecule has 2 heterocycles. The Balaban J connectivity index is 1.83. The lowest BCUT2D eigenvalue weighted by Gasteiger charge is -2.29. The molecule has 0 fully saturated rings. The number of benzene rings is 1. The van der Waals surface area contributed by atoms with Crippen LogP contribution in [0, 0.1) is 0 Å². The minimum absolute atomic E-state index is 0.169. The fraction of sp³-hybridized carbons (Fsp3) is 0.318. The highest BCUT2D eigenvalue weighted by atomic mass is 35.5. The summed E-state index contributed by atoms with van der Waals surface area (Å²) in [7, 11) is 2.09. The molecule has 1 N–H and O–H groups in total. The third kappa shape index (κ3) is 4.73. The van der Waals surface area contributed by atoms with Gasteiger partial charge in [0, 0.05) is 42.0 Å². The summed E-state index contributed by atoms with van der Waals surface area (Å²) in [5.41, 5.74) is 4.39. The van der Waals surface area contributed by atoms with Crippen LogP contribution in [0.4, 0.5) is 0 Å². The van der Waals surface area contributed by atoms with Gasteiger partial charge in [0.15, 0.2) is 0 Å². The lowest BCUT2D eigenvalue weighted by molar-refractivity contribution is 0.340. The zero-order valence-electron chi connectivity index (χ0n) is 16.0. The fourth-order valence-electron chi connectivity index (χ4n) is 3.40. The third-order valence-electron chi connectivity index (χ3n) is 4.96. The summed E-state index contributed by atoms with van der Waals surface area (Å²) in [6.07, 6.45) is 5.84. The molecule has 142 valence electrons. The lowest BCUT2D eigenvalue weighted by Crippen LogP contribution is -2.31. The molecule has 0 bridgehead atoms. The molecule has 1 aliphatic heterocycles. The van der Waals surface area contributed by atoms with Crippen LogP contribution in [0.15, 0.2) is 65.5 Å². The number of rotatable bonds is 6. The van der Waals surface area contributed by atoms with Crippen molar-refractivity contribution in [2.45, 2.75) is 25.8 Å². The van der Waals surface area contributed by atoms with E-state index in [1.165, 1.54) is 11.1 Å². The maximum absolute atomic E-state index is 6.30. The normalized spacial score (nSPS) is 14.6. The SMILES string of the molecule is CN(CC1=C(Cl)C=CCN1)Cc1ncccc1C(C)(C)c1ccc(Cl)cc1. The summed E-state index contributed by atoms with van der Waals surface area (Å²) < 4.78 is 0. The third-order valence-corrected chi connectivity index (χ3v) is 5.57. The van der Waals surface area contributed by atoms with Crippen molar-refractivity contribution in [2.75, 3.05) is 20.1 Å². The van der Waals surface area contributed by atoms with E-state index in [1.807, 2.05) is 36.5 Å². The molecule has 1 aliphatic rings. The van der Waals surface area contributed by atoms with E-state index in [-0.39, 0.29) is 5.41 Å². The molecular weight excluding hydrogens is 377 g/mol. The molecule has 2 aromatic rings. The van der Waals surface area contributed by atoms with Crippen LogP contribution >= 0.6 is 23.2 Å². The molecule has 3 nitrogen and oxygen atoms in total. The Morgan fingerprint density at radius 2 is 1.85 bits per heavy atom. The van der Waals surface area contributed by atoms with Gasteiger partial charge in [-0.3, -0.25) is 9.88 Å². The first kappa shape index (κ1) is 19.9. The van der Waals surface area contributed by atoms with Crippen LogP contribution in [0.2, 0.25) is 5.02 Å². The Morgan fingerprint density at radius 3 is 2.56 bits per heavy atom. The van der Waals surface area contributed by atoms with Crippen LogP contribution in [0.25, 0.3) is 0 Å². The van der Waals surface area contributed by atoms with Gasteiger partial charge in [-0.25, -0.2) is 0 Å². The van der Waals surface area contributed by atoms with Crippen LogP contribution < -0.4 is 5.32 Å². The number of pyridine rings is 1. The number of hydrogen-bond donors (Lipinski definition) is 1. The summed E-state index contributed by atoms with van der Waals surface area (Å²) in [6, 6.07) is 12.2. The van der Waals surface area contributed by atoms with E-state index in [4.69, 9.17) is 23.2 Å². The van der Waals surface area contributed by atoms with Crippen LogP contribution in [-0.4, -0.2) is 30.0 Å². The maximum atomic E-state index is 6.30. The van der Waals surface area contributed by atoms with Crippen LogP contribution in [0.3, 0.4) is 0 Å². The van der Waals surface area contributed by atoms with E-state index in [0.717, 1.165) is 41.1 Å². The van der Waals surface area contributed by atoms with Crippen molar-refractivity contribution in [2.24, 2.45) is 0 Å². The second-order valence-electron chi connectivity index (χ2n) is 7.41. The predicted octanol–water partition coefficient (Wildman–Crippen LogP) is 5.10. The van der Waals surface area contributed by atoms with E-state index >= 15 is 0 Å². The highest BCUT2D eigenvalue weighted by molar-refractivity contribution is 6.31. The van der Waals surface area contributed by atoms with Crippen LogP contribution in [0.1, 0.15) is 30.7 Å². The van der Waals surface area contributed by atoms with Gasteiger partial charge in [0.05, 0.1) is 10.7 Å². The monoisotopic (exact) mass is 401 g/mol. The largest absolute Gasteiger partial charge is 0.383 e. The Bertz CT molecular complexity index is 854. The highest BCUT2D eigenvalue weighted by Crippen LogP contribution is 2.34. The first-order valence-corrected chi connectivity index (χ1v) is 9.81. The maximum Gasteiger partial charge on any atom is 0.0606 e. The molecule has 27 heavy (non-hydrogen) atoms. The topological polar surface area (TPSA) is 28.2 Å². The van der Waals surface area contributed by atoms with Crippen molar-refractivity contribution in [1.29, 1.82) is 0 Å². The zero-order chi connectivity index (χ0) is 19.4. The van der Waals surface area contributed by atoms with Crippen LogP contribution in [-0.2, 0) is 12.0 Å². The smallest absolute Gasteiger partial charge is 0.0606 e. The summed E-state index contributed by atoms with van der Waals surface area (Å²) in [4.78, 5) is 6.92. The molecule has 1 aromatic carbocycles. The molecule has 0 saturated carbocycles. The lowest BCUT2D eigenvalue weighted by atomic mass is 9.77. The van der Waals surface area contributed by atoms with Crippen molar-refractivity contribution in [1.82, 2.24) is 15.2 Å². The van der Waals surface area contributed by atoms with Gasteiger partial charge in [0.2, 0.25) is 0 Å². The summed E-state index contributed by atoms with van der Waals surface area (Å²) in [6.45, 7) is 6.76. The summed E-state index contributed by atoms with van der Waals surface area (Å²) in [5.74, 6) is 0. The Kier molecular flexibility index (Phi) is 6.25. The van der Waals surface area contributed by atoms with Gasteiger partial charge in [-0.2, -0.15) is 0 Å². The summed E-state index contributed by atoms with van der Waals surface area (Å²) >= 11 is 12.4. The second-order valence-corrected chi connectivity index (χ2v) is 8.26. The minimum atomic E-state index is -0.169. The van der Waals surface area contributed by atoms with E-state index in [9.17, 15) is 0 Å². The van der Waals surface area contributed by atoms with Crippen molar-refractivity contribution >= 4 is 23.2 Å². The summed E-state index contributed by atoms with van der Waals surface area (Å²) in [5, 5.41) is 4.87. The number of nitrogens with one attached hydrogen (secondary N) is 1. The second kappa shape index (κ2) is 8.47. The zero-order valence-corrected chi connectivity index (χ0v) is 17.5. The number of hydrogen-bond acceptors (Lipinski definition) is 3. The molecule has 0 saturated heterocycles. The average Bonchev–Trinajstić information content (AvgIpc) is 2.64. The highest BCUT2D eigenvalue weighted by Gasteiger charge is 2.26. The van der Waals surface area contributed by atoms with E-state index in [0.29, 0.717) is 0 Å². The predicted molar refractivity (Wildman–Crippen MR) is 114 cm³/mol. The van der Waals surface area contributed by atoms with Gasteiger partial charge in [-0.1, -0.05) is 61.3 Å². The molecule has 0 atom stereocenters. The quantitative estimate of drug-likeness (QED) is 0.729. The van der Waals surface area contributed by atoms with Crippen molar-refractivity contribution in [3.63, 3.8) is 0 Å². The number of allylic oxidation sites excluding steroid dienone is 2. The van der Waals surface area contributed by atoms with E-state index in [2.05, 4.69) is 54.3 Å². The van der Waals surface area contributed by atoms with Gasteiger partial charge in [-0.15, -0.1) is 0 Å². The van der Waals surface area contributed by atoms with Gasteiger partial charge in [0.25, 0.3) is 0 Å². The molecule has 3 rings (SSSR count). The molecule has 0 spiro atoms. The van der Waals surface area contributed by atoms with Crippen molar-refractivity contribution < 1.29 is 0 Å². The molecule has 1 aromatic heterocycles. The Morgan fingerprint density at radius 1 is 1.11 bits per heavy atom. The van der Waals surface area contributed by atoms with E-state index < -0.39 is 0 Å². The fourth-order valence-corrected chi connectivity index (χ4v) is 3.74. The first-order chi connectivity index (χ1) is 12.9. The Hall–Kier alpha value is -1.81. The number of nitrogens with zero attached hydrogens (tertiary/aromatic N) is 2. The molecule has 0 unspecified atom stereocenters. The van der Waals surface area contributed by atoms with Gasteiger partial charge < -0.3 is 5.32 Å². The number of dihydropyridines is 1. The van der Waals surface area contributed by atoms with Crippen LogP contribution in [0.5, 0.6) is 0 Å². The minimum Gasteiger partial charge on any atom is -0.383 e. The molecule has 0 amide bonds. The molecular formula is C22H25Cl2N3. The van der Waals surface area contributed by atoms with Crippen molar-refractivity contribution in [3.8, 4) is 0 Å². The standard InChI is InChI=1S/C22H25Cl2N3/c1-22(2,16-8-10-17(23)11-9-16)18-6-4-12-25-20(18)14-27(3)15-21-19(24)7-5-13-26-21/h4-12,26H,13-15H2,1-3H3. The van der Waals surface area contributed by atoms with Gasteiger partial charge in [0.1, 0.15) is 0 Å². The van der Waals surface area contributed by atoms with Gasteiger partial charge in [-0.05, 0) is 42.4 Å². The van der Waals surface area contributed by atoms with Crippen molar-refractivity contribution in [3.05, 3.63) is 87.3 Å². The van der Waals surface area contributed by atoms with E-state index in [1.54, 1.807) is 0 Å². The number of likely N-dealkylation sites (N-methyl/N-ethyl adjacent to an activating group) is 1. The number of aromatic nitrogens is 1. The average molecular weight is 402 g/mol. The Labute approximate surface area is 171 Å².